The van der Waals surface area contributed by atoms with Gasteiger partial charge in [0.1, 0.15) is 5.02 Å². The molecule has 1 aromatic rings. The molecule has 0 radical (unpaired) electrons. The molecule has 0 aliphatic carbocycles. The van der Waals surface area contributed by atoms with Crippen LogP contribution in [0.2, 0.25) is 5.02 Å². The van der Waals surface area contributed by atoms with Crippen molar-refractivity contribution in [1.82, 2.24) is 20.2 Å². The highest BCUT2D eigenvalue weighted by Crippen LogP contribution is 2.23. The number of fused-ring (bicyclic) bond motifs is 1. The van der Waals surface area contributed by atoms with Crippen LogP contribution in [0.1, 0.15) is 0 Å². The third-order valence-corrected chi connectivity index (χ3v) is 3.65. The van der Waals surface area contributed by atoms with E-state index >= 15 is 0 Å². The van der Waals surface area contributed by atoms with Crippen molar-refractivity contribution in [1.29, 1.82) is 0 Å². The van der Waals surface area contributed by atoms with Crippen molar-refractivity contribution in [2.75, 3.05) is 31.1 Å². The molecule has 8 heteroatoms. The molecule has 1 atom stereocenters. The van der Waals surface area contributed by atoms with E-state index in [0.29, 0.717) is 32.0 Å². The molecule has 3 heterocycles. The first-order chi connectivity index (χ1) is 8.66. The first-order valence-electron chi connectivity index (χ1n) is 5.69. The van der Waals surface area contributed by atoms with Crippen LogP contribution in [0.3, 0.4) is 0 Å². The van der Waals surface area contributed by atoms with Crippen molar-refractivity contribution in [3.05, 3.63) is 21.7 Å². The Balaban J connectivity index is 1.85. The smallest absolute Gasteiger partial charge is 0.317 e. The average Bonchev–Trinajstić information content (AvgIpc) is 2.74. The number of urea groups is 1. The number of halogens is 1. The Bertz CT molecular complexity index is 545. The van der Waals surface area contributed by atoms with Crippen LogP contribution < -0.4 is 15.8 Å². The molecule has 96 valence electrons. The number of nitrogens with one attached hydrogen (secondary N) is 2. The number of H-pyrrole nitrogens is 1. The average molecular weight is 270 g/mol. The minimum atomic E-state index is -0.343. The van der Waals surface area contributed by atoms with Crippen molar-refractivity contribution in [3.63, 3.8) is 0 Å². The lowest BCUT2D eigenvalue weighted by molar-refractivity contribution is 0.197. The van der Waals surface area contributed by atoms with Gasteiger partial charge in [-0.25, -0.2) is 9.78 Å². The van der Waals surface area contributed by atoms with Gasteiger partial charge in [0.05, 0.1) is 12.4 Å². The number of hydrogen-bond donors (Lipinski definition) is 2. The van der Waals surface area contributed by atoms with Gasteiger partial charge in [0, 0.05) is 26.2 Å². The molecular formula is C10H12ClN5O2. The lowest BCUT2D eigenvalue weighted by Gasteiger charge is -2.37. The molecule has 0 aromatic carbocycles. The summed E-state index contributed by atoms with van der Waals surface area (Å²) in [4.78, 5) is 33.2. The molecule has 0 spiro atoms. The number of nitrogens with zero attached hydrogens (tertiary/aromatic N) is 3. The number of anilines is 1. The minimum absolute atomic E-state index is 0.0235. The number of aromatic nitrogens is 2. The lowest BCUT2D eigenvalue weighted by Crippen LogP contribution is -2.52. The highest BCUT2D eigenvalue weighted by atomic mass is 35.5. The summed E-state index contributed by atoms with van der Waals surface area (Å²) >= 11 is 5.95. The molecule has 18 heavy (non-hydrogen) atoms. The summed E-state index contributed by atoms with van der Waals surface area (Å²) in [5, 5.41) is 2.90. The van der Waals surface area contributed by atoms with E-state index in [1.165, 1.54) is 6.33 Å². The number of amides is 2. The van der Waals surface area contributed by atoms with Crippen LogP contribution in [0.5, 0.6) is 0 Å². The Kier molecular flexibility index (Phi) is 2.62. The Hall–Kier alpha value is -1.76. The van der Waals surface area contributed by atoms with E-state index in [4.69, 9.17) is 11.6 Å². The molecular weight excluding hydrogens is 258 g/mol. The van der Waals surface area contributed by atoms with Gasteiger partial charge in [0.2, 0.25) is 0 Å². The third kappa shape index (κ3) is 1.71. The number of piperazine rings is 1. The molecule has 2 aliphatic heterocycles. The van der Waals surface area contributed by atoms with E-state index in [1.807, 2.05) is 4.90 Å². The fourth-order valence-electron chi connectivity index (χ4n) is 2.39. The molecule has 1 aromatic heterocycles. The molecule has 7 nitrogen and oxygen atoms in total. The summed E-state index contributed by atoms with van der Waals surface area (Å²) in [7, 11) is 0. The number of carbonyl (C=O) groups excluding carboxylic acids is 1. The van der Waals surface area contributed by atoms with Crippen molar-refractivity contribution < 1.29 is 4.79 Å². The Morgan fingerprint density at radius 2 is 2.22 bits per heavy atom. The largest absolute Gasteiger partial charge is 0.351 e. The Morgan fingerprint density at radius 1 is 1.39 bits per heavy atom. The summed E-state index contributed by atoms with van der Waals surface area (Å²) in [6.45, 7) is 2.49. The van der Waals surface area contributed by atoms with E-state index in [9.17, 15) is 9.59 Å². The maximum Gasteiger partial charge on any atom is 0.317 e. The van der Waals surface area contributed by atoms with E-state index in [0.717, 1.165) is 0 Å². The second kappa shape index (κ2) is 4.16. The van der Waals surface area contributed by atoms with E-state index in [2.05, 4.69) is 15.3 Å². The highest BCUT2D eigenvalue weighted by Gasteiger charge is 2.36. The maximum atomic E-state index is 11.5. The van der Waals surface area contributed by atoms with Crippen LogP contribution in [0.25, 0.3) is 0 Å². The van der Waals surface area contributed by atoms with E-state index < -0.39 is 0 Å². The summed E-state index contributed by atoms with van der Waals surface area (Å²) in [5.74, 6) is 0.486. The second-order valence-corrected chi connectivity index (χ2v) is 4.73. The second-order valence-electron chi connectivity index (χ2n) is 4.35. The molecule has 0 bridgehead atoms. The van der Waals surface area contributed by atoms with Crippen molar-refractivity contribution in [3.8, 4) is 0 Å². The van der Waals surface area contributed by atoms with Crippen LogP contribution in [0, 0.1) is 0 Å². The van der Waals surface area contributed by atoms with Crippen molar-refractivity contribution in [2.24, 2.45) is 0 Å². The van der Waals surface area contributed by atoms with Crippen LogP contribution in [-0.4, -0.2) is 53.1 Å². The Labute approximate surface area is 108 Å². The molecule has 2 N–H and O–H groups in total. The monoisotopic (exact) mass is 269 g/mol. The summed E-state index contributed by atoms with van der Waals surface area (Å²) in [6.07, 6.45) is 1.34. The number of carbonyl (C=O) groups is 1. The minimum Gasteiger partial charge on any atom is -0.351 e. The molecule has 2 fully saturated rings. The van der Waals surface area contributed by atoms with Gasteiger partial charge in [-0.1, -0.05) is 11.6 Å². The number of aromatic amines is 1. The highest BCUT2D eigenvalue weighted by molar-refractivity contribution is 6.32. The molecule has 0 saturated carbocycles. The summed E-state index contributed by atoms with van der Waals surface area (Å²) in [6, 6.07) is 0.0908. The Morgan fingerprint density at radius 3 is 3.06 bits per heavy atom. The fourth-order valence-corrected chi connectivity index (χ4v) is 2.61. The quantitative estimate of drug-likeness (QED) is 0.729. The summed E-state index contributed by atoms with van der Waals surface area (Å²) in [5.41, 5.74) is -0.343. The van der Waals surface area contributed by atoms with E-state index in [1.54, 1.807) is 4.90 Å². The van der Waals surface area contributed by atoms with E-state index in [-0.39, 0.29) is 22.7 Å². The van der Waals surface area contributed by atoms with Crippen LogP contribution in [0.4, 0.5) is 10.6 Å². The zero-order valence-corrected chi connectivity index (χ0v) is 10.3. The van der Waals surface area contributed by atoms with Gasteiger partial charge >= 0.3 is 6.03 Å². The molecule has 2 amide bonds. The molecule has 1 unspecified atom stereocenters. The van der Waals surface area contributed by atoms with Crippen LogP contribution >= 0.6 is 11.6 Å². The molecule has 2 aliphatic rings. The van der Waals surface area contributed by atoms with Gasteiger partial charge in [-0.15, -0.1) is 0 Å². The number of hydrogen-bond acceptors (Lipinski definition) is 4. The van der Waals surface area contributed by atoms with Crippen LogP contribution in [0.15, 0.2) is 11.1 Å². The fraction of sp³-hybridized carbons (Fsp3) is 0.500. The normalized spacial score (nSPS) is 22.9. The first-order valence-corrected chi connectivity index (χ1v) is 6.07. The van der Waals surface area contributed by atoms with Crippen LogP contribution in [-0.2, 0) is 0 Å². The number of rotatable bonds is 1. The van der Waals surface area contributed by atoms with Crippen molar-refractivity contribution >= 4 is 23.4 Å². The van der Waals surface area contributed by atoms with Gasteiger partial charge in [-0.05, 0) is 0 Å². The van der Waals surface area contributed by atoms with Crippen molar-refractivity contribution in [2.45, 2.75) is 6.04 Å². The topological polar surface area (TPSA) is 81.3 Å². The first kappa shape index (κ1) is 11.3. The zero-order chi connectivity index (χ0) is 12.7. The lowest BCUT2D eigenvalue weighted by atomic mass is 10.2. The van der Waals surface area contributed by atoms with Gasteiger partial charge in [0.15, 0.2) is 5.82 Å². The summed E-state index contributed by atoms with van der Waals surface area (Å²) < 4.78 is 0. The third-order valence-electron chi connectivity index (χ3n) is 3.31. The molecule has 2 saturated heterocycles. The predicted molar refractivity (Wildman–Crippen MR) is 66.0 cm³/mol. The standard InChI is InChI=1S/C10H12ClN5O2/c11-7-8(13-5-14-9(7)17)15-1-2-16-6(4-15)3-12-10(16)18/h5-6H,1-4H2,(H,12,18)(H,13,14,17). The van der Waals surface area contributed by atoms with Gasteiger partial charge in [-0.2, -0.15) is 0 Å². The van der Waals surface area contributed by atoms with Gasteiger partial charge in [0.25, 0.3) is 5.56 Å². The van der Waals surface area contributed by atoms with Gasteiger partial charge < -0.3 is 20.1 Å². The zero-order valence-electron chi connectivity index (χ0n) is 9.52. The SMILES string of the molecule is O=C1NCC2CN(c3nc[nH]c(=O)c3Cl)CCN12. The predicted octanol–water partition coefficient (Wildman–Crippen LogP) is -0.363. The molecule has 3 rings (SSSR count). The van der Waals surface area contributed by atoms with Gasteiger partial charge in [-0.3, -0.25) is 4.79 Å². The maximum absolute atomic E-state index is 11.5.